The molecule has 19 heavy (non-hydrogen) atoms. The highest BCUT2D eigenvalue weighted by molar-refractivity contribution is 5.79. The number of hydrogen-bond donors (Lipinski definition) is 1. The quantitative estimate of drug-likeness (QED) is 0.897. The van der Waals surface area contributed by atoms with Crippen LogP contribution in [0.1, 0.15) is 32.1 Å². The van der Waals surface area contributed by atoms with Crippen molar-refractivity contribution in [3.8, 4) is 0 Å². The Morgan fingerprint density at radius 2 is 1.68 bits per heavy atom. The summed E-state index contributed by atoms with van der Waals surface area (Å²) in [6.45, 7) is 0. The molecule has 0 aliphatic heterocycles. The summed E-state index contributed by atoms with van der Waals surface area (Å²) < 4.78 is 0. The Balaban J connectivity index is 1.96. The standard InChI is InChI=1S/C15H20N4/c1-19(11-7-3-2-4-8-11)15-14(16)17-12-9-5-6-10-13(12)18-15/h5-6,9-11H,2-4,7-8H2,1H3,(H2,16,17). The lowest BCUT2D eigenvalue weighted by molar-refractivity contribution is 0.426. The fraction of sp³-hybridized carbons (Fsp3) is 0.467. The summed E-state index contributed by atoms with van der Waals surface area (Å²) in [5.74, 6) is 1.36. The van der Waals surface area contributed by atoms with Crippen molar-refractivity contribution in [2.75, 3.05) is 17.7 Å². The van der Waals surface area contributed by atoms with Crippen LogP contribution in [0.25, 0.3) is 11.0 Å². The molecule has 1 heterocycles. The lowest BCUT2D eigenvalue weighted by Gasteiger charge is -2.32. The summed E-state index contributed by atoms with van der Waals surface area (Å²) in [6, 6.07) is 8.42. The van der Waals surface area contributed by atoms with Gasteiger partial charge in [-0.2, -0.15) is 0 Å². The number of nitrogens with two attached hydrogens (primary N) is 1. The second-order valence-electron chi connectivity index (χ2n) is 5.32. The highest BCUT2D eigenvalue weighted by Crippen LogP contribution is 2.28. The molecule has 0 radical (unpaired) electrons. The molecule has 1 saturated carbocycles. The van der Waals surface area contributed by atoms with Gasteiger partial charge in [-0.25, -0.2) is 9.97 Å². The smallest absolute Gasteiger partial charge is 0.172 e. The third-order valence-electron chi connectivity index (χ3n) is 4.03. The number of fused-ring (bicyclic) bond motifs is 1. The molecule has 4 nitrogen and oxygen atoms in total. The van der Waals surface area contributed by atoms with Crippen LogP contribution in [0.4, 0.5) is 11.6 Å². The summed E-state index contributed by atoms with van der Waals surface area (Å²) in [5, 5.41) is 0. The number of rotatable bonds is 2. The Labute approximate surface area is 113 Å². The number of anilines is 2. The van der Waals surface area contributed by atoms with Gasteiger partial charge >= 0.3 is 0 Å². The summed E-state index contributed by atoms with van der Waals surface area (Å²) in [7, 11) is 2.09. The van der Waals surface area contributed by atoms with Crippen LogP contribution >= 0.6 is 0 Å². The maximum absolute atomic E-state index is 6.08. The van der Waals surface area contributed by atoms with E-state index in [2.05, 4.69) is 21.9 Å². The Kier molecular flexibility index (Phi) is 3.23. The first kappa shape index (κ1) is 12.2. The number of para-hydroxylation sites is 2. The fourth-order valence-electron chi connectivity index (χ4n) is 2.91. The van der Waals surface area contributed by atoms with Crippen LogP contribution in [0.5, 0.6) is 0 Å². The van der Waals surface area contributed by atoms with Crippen LogP contribution in [0.15, 0.2) is 24.3 Å². The minimum atomic E-state index is 0.534. The molecule has 1 aliphatic carbocycles. The fourth-order valence-corrected chi connectivity index (χ4v) is 2.91. The normalized spacial score (nSPS) is 16.7. The van der Waals surface area contributed by atoms with E-state index in [1.165, 1.54) is 32.1 Å². The van der Waals surface area contributed by atoms with Crippen molar-refractivity contribution in [3.05, 3.63) is 24.3 Å². The van der Waals surface area contributed by atoms with Crippen molar-refractivity contribution in [1.29, 1.82) is 0 Å². The number of aromatic nitrogens is 2. The van der Waals surface area contributed by atoms with E-state index in [9.17, 15) is 0 Å². The van der Waals surface area contributed by atoms with E-state index >= 15 is 0 Å². The van der Waals surface area contributed by atoms with Crippen LogP contribution in [-0.4, -0.2) is 23.1 Å². The molecule has 0 atom stereocenters. The van der Waals surface area contributed by atoms with Gasteiger partial charge in [-0.1, -0.05) is 31.4 Å². The second kappa shape index (κ2) is 5.03. The van der Waals surface area contributed by atoms with Crippen molar-refractivity contribution >= 4 is 22.7 Å². The van der Waals surface area contributed by atoms with Crippen LogP contribution in [0.2, 0.25) is 0 Å². The minimum Gasteiger partial charge on any atom is -0.381 e. The summed E-state index contributed by atoms with van der Waals surface area (Å²) in [4.78, 5) is 11.4. The molecule has 0 bridgehead atoms. The van der Waals surface area contributed by atoms with Crippen molar-refractivity contribution in [1.82, 2.24) is 9.97 Å². The van der Waals surface area contributed by atoms with Gasteiger partial charge in [-0.3, -0.25) is 0 Å². The molecule has 1 aromatic carbocycles. The zero-order valence-electron chi connectivity index (χ0n) is 11.3. The predicted molar refractivity (Wildman–Crippen MR) is 79.2 cm³/mol. The SMILES string of the molecule is CN(c1nc2ccccc2nc1N)C1CCCCC1. The van der Waals surface area contributed by atoms with E-state index in [1.54, 1.807) is 0 Å². The number of benzene rings is 1. The summed E-state index contributed by atoms with van der Waals surface area (Å²) >= 11 is 0. The number of hydrogen-bond acceptors (Lipinski definition) is 4. The third-order valence-corrected chi connectivity index (χ3v) is 4.03. The average molecular weight is 256 g/mol. The van der Waals surface area contributed by atoms with Crippen molar-refractivity contribution in [3.63, 3.8) is 0 Å². The lowest BCUT2D eigenvalue weighted by Crippen LogP contribution is -2.34. The molecule has 1 aromatic heterocycles. The molecule has 0 spiro atoms. The summed E-state index contributed by atoms with van der Waals surface area (Å²) in [5.41, 5.74) is 7.85. The molecule has 0 amide bonds. The van der Waals surface area contributed by atoms with Crippen LogP contribution in [0, 0.1) is 0 Å². The highest BCUT2D eigenvalue weighted by Gasteiger charge is 2.21. The van der Waals surface area contributed by atoms with Gasteiger partial charge in [0.2, 0.25) is 0 Å². The molecule has 0 unspecified atom stereocenters. The van der Waals surface area contributed by atoms with Crippen LogP contribution < -0.4 is 10.6 Å². The van der Waals surface area contributed by atoms with Gasteiger partial charge in [0.25, 0.3) is 0 Å². The van der Waals surface area contributed by atoms with E-state index < -0.39 is 0 Å². The van der Waals surface area contributed by atoms with E-state index in [4.69, 9.17) is 5.73 Å². The first-order chi connectivity index (χ1) is 9.25. The van der Waals surface area contributed by atoms with E-state index in [0.717, 1.165) is 16.9 Å². The van der Waals surface area contributed by atoms with Gasteiger partial charge in [0, 0.05) is 13.1 Å². The first-order valence-electron chi connectivity index (χ1n) is 7.01. The van der Waals surface area contributed by atoms with Crippen molar-refractivity contribution in [2.45, 2.75) is 38.1 Å². The summed E-state index contributed by atoms with van der Waals surface area (Å²) in [6.07, 6.45) is 6.41. The van der Waals surface area contributed by atoms with Gasteiger partial charge < -0.3 is 10.6 Å². The van der Waals surface area contributed by atoms with E-state index in [0.29, 0.717) is 11.9 Å². The largest absolute Gasteiger partial charge is 0.381 e. The molecule has 3 rings (SSSR count). The third kappa shape index (κ3) is 2.35. The Hall–Kier alpha value is -1.84. The van der Waals surface area contributed by atoms with Crippen LogP contribution in [0.3, 0.4) is 0 Å². The minimum absolute atomic E-state index is 0.534. The number of nitrogens with zero attached hydrogens (tertiary/aromatic N) is 3. The maximum Gasteiger partial charge on any atom is 0.172 e. The van der Waals surface area contributed by atoms with Crippen molar-refractivity contribution < 1.29 is 0 Å². The highest BCUT2D eigenvalue weighted by atomic mass is 15.2. The van der Waals surface area contributed by atoms with Gasteiger partial charge in [0.15, 0.2) is 11.6 Å². The Bertz CT molecular complexity index is 575. The molecular formula is C15H20N4. The molecule has 0 saturated heterocycles. The average Bonchev–Trinajstić information content (AvgIpc) is 2.47. The van der Waals surface area contributed by atoms with E-state index in [1.807, 2.05) is 24.3 Å². The monoisotopic (exact) mass is 256 g/mol. The molecular weight excluding hydrogens is 236 g/mol. The lowest BCUT2D eigenvalue weighted by atomic mass is 9.94. The number of nitrogen functional groups attached to an aromatic ring is 1. The second-order valence-corrected chi connectivity index (χ2v) is 5.32. The maximum atomic E-state index is 6.08. The van der Waals surface area contributed by atoms with Crippen LogP contribution in [-0.2, 0) is 0 Å². The van der Waals surface area contributed by atoms with Gasteiger partial charge in [0.1, 0.15) is 0 Å². The van der Waals surface area contributed by atoms with Crippen molar-refractivity contribution in [2.24, 2.45) is 0 Å². The van der Waals surface area contributed by atoms with E-state index in [-0.39, 0.29) is 0 Å². The predicted octanol–water partition coefficient (Wildman–Crippen LogP) is 2.98. The zero-order valence-corrected chi connectivity index (χ0v) is 11.3. The molecule has 2 N–H and O–H groups in total. The Morgan fingerprint density at radius 1 is 1.05 bits per heavy atom. The Morgan fingerprint density at radius 3 is 2.37 bits per heavy atom. The molecule has 1 fully saturated rings. The first-order valence-corrected chi connectivity index (χ1v) is 7.01. The van der Waals surface area contributed by atoms with Gasteiger partial charge in [-0.05, 0) is 25.0 Å². The molecule has 2 aromatic rings. The zero-order chi connectivity index (χ0) is 13.2. The van der Waals surface area contributed by atoms with Gasteiger partial charge in [0.05, 0.1) is 11.0 Å². The topological polar surface area (TPSA) is 55.0 Å². The molecule has 100 valence electrons. The molecule has 1 aliphatic rings. The van der Waals surface area contributed by atoms with Gasteiger partial charge in [-0.15, -0.1) is 0 Å². The molecule has 4 heteroatoms.